The fraction of sp³-hybridized carbons (Fsp3) is 0.800. The third-order valence-corrected chi connectivity index (χ3v) is 5.31. The van der Waals surface area contributed by atoms with Gasteiger partial charge in [-0.2, -0.15) is 0 Å². The highest BCUT2D eigenvalue weighted by atomic mass is 16.8. The first kappa shape index (κ1) is 26.2. The van der Waals surface area contributed by atoms with Gasteiger partial charge in [-0.1, -0.05) is 0 Å². The quantitative estimate of drug-likeness (QED) is 0.292. The molecule has 34 heavy (non-hydrogen) atoms. The third-order valence-electron chi connectivity index (χ3n) is 5.31. The first-order valence-corrected chi connectivity index (χ1v) is 10.6. The lowest BCUT2D eigenvalue weighted by molar-refractivity contribution is -0.340. The maximum absolute atomic E-state index is 11.8. The molecule has 3 aliphatic rings. The Kier molecular flexibility index (Phi) is 8.43. The van der Waals surface area contributed by atoms with E-state index in [2.05, 4.69) is 0 Å². The van der Waals surface area contributed by atoms with Gasteiger partial charge in [0.05, 0.1) is 13.2 Å². The van der Waals surface area contributed by atoms with E-state index in [1.165, 1.54) is 0 Å². The largest absolute Gasteiger partial charge is 0.455 e. The summed E-state index contributed by atoms with van der Waals surface area (Å²) in [7, 11) is 0. The second-order valence-corrected chi connectivity index (χ2v) is 7.99. The van der Waals surface area contributed by atoms with Gasteiger partial charge in [0, 0.05) is 27.7 Å². The van der Waals surface area contributed by atoms with Gasteiger partial charge in [0.15, 0.2) is 37.0 Å². The van der Waals surface area contributed by atoms with Gasteiger partial charge in [-0.3, -0.25) is 19.2 Å². The molecule has 0 aromatic carbocycles. The molecular formula is C20H28O14. The fourth-order valence-corrected chi connectivity index (χ4v) is 4.09. The van der Waals surface area contributed by atoms with Crippen LogP contribution in [0.3, 0.4) is 0 Å². The average molecular weight is 492 g/mol. The van der Waals surface area contributed by atoms with Crippen molar-refractivity contribution in [1.29, 1.82) is 0 Å². The molecule has 10 atom stereocenters. The van der Waals surface area contributed by atoms with Crippen LogP contribution >= 0.6 is 0 Å². The Bertz CT molecular complexity index is 785. The average Bonchev–Trinajstić information content (AvgIpc) is 3.17. The lowest BCUT2D eigenvalue weighted by Crippen LogP contribution is -2.65. The van der Waals surface area contributed by atoms with Crippen LogP contribution < -0.4 is 0 Å². The predicted molar refractivity (Wildman–Crippen MR) is 103 cm³/mol. The molecule has 2 bridgehead atoms. The highest BCUT2D eigenvalue weighted by Crippen LogP contribution is 2.37. The minimum atomic E-state index is -1.56. The molecule has 3 aliphatic heterocycles. The van der Waals surface area contributed by atoms with Crippen LogP contribution in [-0.4, -0.2) is 109 Å². The second kappa shape index (κ2) is 10.9. The molecule has 0 radical (unpaired) electrons. The minimum Gasteiger partial charge on any atom is -0.455 e. The van der Waals surface area contributed by atoms with Crippen LogP contribution in [0.15, 0.2) is 0 Å². The lowest BCUT2D eigenvalue weighted by atomic mass is 9.97. The van der Waals surface area contributed by atoms with E-state index in [0.29, 0.717) is 0 Å². The number of rotatable bonds is 7. The Morgan fingerprint density at radius 1 is 0.765 bits per heavy atom. The molecule has 0 amide bonds. The van der Waals surface area contributed by atoms with Crippen LogP contribution in [0.5, 0.6) is 0 Å². The molecule has 14 nitrogen and oxygen atoms in total. The molecule has 3 heterocycles. The first-order chi connectivity index (χ1) is 16.0. The summed E-state index contributed by atoms with van der Waals surface area (Å²) in [6, 6.07) is 0. The molecule has 0 aromatic heterocycles. The van der Waals surface area contributed by atoms with Crippen molar-refractivity contribution >= 4 is 23.9 Å². The summed E-state index contributed by atoms with van der Waals surface area (Å²) in [5.41, 5.74) is 0. The van der Waals surface area contributed by atoms with Gasteiger partial charge in [0.25, 0.3) is 0 Å². The SMILES string of the molecule is CC(=O)O[C@H]1[C@@H](OC2[C@H]3CO[C@H](O3)[C@H](OC(C)=O)[C@H]2OC(C)=O)O[C@H](CO)[C@@H](O)[C@@H]1OC(C)=O. The molecule has 3 saturated heterocycles. The normalized spacial score (nSPS) is 39.1. The molecule has 2 N–H and O–H groups in total. The van der Waals surface area contributed by atoms with Gasteiger partial charge in [-0.25, -0.2) is 0 Å². The Morgan fingerprint density at radius 2 is 1.29 bits per heavy atom. The lowest BCUT2D eigenvalue weighted by Gasteiger charge is -2.46. The van der Waals surface area contributed by atoms with Crippen molar-refractivity contribution < 1.29 is 67.3 Å². The first-order valence-electron chi connectivity index (χ1n) is 10.6. The molecule has 14 heteroatoms. The predicted octanol–water partition coefficient (Wildman–Crippen LogP) is -2.07. The number of hydrogen-bond donors (Lipinski definition) is 2. The number of hydrogen-bond acceptors (Lipinski definition) is 14. The zero-order chi connectivity index (χ0) is 25.2. The minimum absolute atomic E-state index is 0.0186. The fourth-order valence-electron chi connectivity index (χ4n) is 4.09. The summed E-state index contributed by atoms with van der Waals surface area (Å²) in [4.78, 5) is 46.9. The topological polar surface area (TPSA) is 183 Å². The summed E-state index contributed by atoms with van der Waals surface area (Å²) in [5.74, 6) is -2.99. The van der Waals surface area contributed by atoms with Gasteiger partial charge in [0.2, 0.25) is 0 Å². The molecule has 192 valence electrons. The van der Waals surface area contributed by atoms with Crippen LogP contribution in [-0.2, 0) is 57.1 Å². The van der Waals surface area contributed by atoms with E-state index in [1.54, 1.807) is 0 Å². The summed E-state index contributed by atoms with van der Waals surface area (Å²) in [6.07, 6.45) is -12.7. The molecule has 0 spiro atoms. The van der Waals surface area contributed by atoms with E-state index in [1.807, 2.05) is 0 Å². The molecule has 3 rings (SSSR count). The van der Waals surface area contributed by atoms with Crippen molar-refractivity contribution in [1.82, 2.24) is 0 Å². The number of ether oxygens (including phenoxy) is 8. The van der Waals surface area contributed by atoms with Crippen molar-refractivity contribution in [3.63, 3.8) is 0 Å². The third kappa shape index (κ3) is 5.82. The van der Waals surface area contributed by atoms with Crippen LogP contribution in [0.2, 0.25) is 0 Å². The van der Waals surface area contributed by atoms with Crippen LogP contribution in [0.25, 0.3) is 0 Å². The van der Waals surface area contributed by atoms with E-state index in [0.717, 1.165) is 27.7 Å². The standard InChI is InChI=1S/C20H28O14/c1-7(22)28-15-13(26)11(5-21)32-20(17(15)30-9(3)24)34-14-12-6-27-19(33-12)18(31-10(4)25)16(14)29-8(2)23/h11-21,26H,5-6H2,1-4H3/t11-,12-,13-,14?,15+,16+,17-,18-,19-,20-/m1/s1. The number of aliphatic hydroxyl groups is 2. The molecule has 0 aliphatic carbocycles. The van der Waals surface area contributed by atoms with Gasteiger partial charge in [0.1, 0.15) is 24.4 Å². The summed E-state index contributed by atoms with van der Waals surface area (Å²) < 4.78 is 43.8. The second-order valence-electron chi connectivity index (χ2n) is 7.99. The molecule has 0 aromatic rings. The summed E-state index contributed by atoms with van der Waals surface area (Å²) in [6.45, 7) is 3.76. The van der Waals surface area contributed by atoms with E-state index in [4.69, 9.17) is 37.9 Å². The Morgan fingerprint density at radius 3 is 1.85 bits per heavy atom. The van der Waals surface area contributed by atoms with Crippen molar-refractivity contribution in [3.8, 4) is 0 Å². The van der Waals surface area contributed by atoms with Gasteiger partial charge in [-0.15, -0.1) is 0 Å². The zero-order valence-corrected chi connectivity index (χ0v) is 19.0. The van der Waals surface area contributed by atoms with Crippen molar-refractivity contribution in [2.24, 2.45) is 0 Å². The van der Waals surface area contributed by atoms with Crippen molar-refractivity contribution in [3.05, 3.63) is 0 Å². The Hall–Kier alpha value is -2.36. The monoisotopic (exact) mass is 492 g/mol. The molecule has 0 saturated carbocycles. The van der Waals surface area contributed by atoms with E-state index in [-0.39, 0.29) is 6.61 Å². The van der Waals surface area contributed by atoms with Crippen LogP contribution in [0.4, 0.5) is 0 Å². The van der Waals surface area contributed by atoms with Gasteiger partial charge in [-0.05, 0) is 0 Å². The maximum atomic E-state index is 11.8. The van der Waals surface area contributed by atoms with E-state index in [9.17, 15) is 29.4 Å². The smallest absolute Gasteiger partial charge is 0.303 e. The number of aliphatic hydroxyl groups excluding tert-OH is 2. The van der Waals surface area contributed by atoms with E-state index < -0.39 is 91.9 Å². The number of carbonyl (C=O) groups is 4. The van der Waals surface area contributed by atoms with Gasteiger partial charge < -0.3 is 48.1 Å². The highest BCUT2D eigenvalue weighted by Gasteiger charge is 2.58. The van der Waals surface area contributed by atoms with Crippen LogP contribution in [0, 0.1) is 0 Å². The number of esters is 4. The van der Waals surface area contributed by atoms with Gasteiger partial charge >= 0.3 is 23.9 Å². The zero-order valence-electron chi connectivity index (χ0n) is 19.0. The molecule has 3 fully saturated rings. The number of fused-ring (bicyclic) bond motifs is 2. The Labute approximate surface area is 194 Å². The van der Waals surface area contributed by atoms with Crippen molar-refractivity contribution in [2.45, 2.75) is 89.1 Å². The molecular weight excluding hydrogens is 464 g/mol. The van der Waals surface area contributed by atoms with Crippen molar-refractivity contribution in [2.75, 3.05) is 13.2 Å². The Balaban J connectivity index is 1.94. The van der Waals surface area contributed by atoms with Crippen LogP contribution in [0.1, 0.15) is 27.7 Å². The summed E-state index contributed by atoms with van der Waals surface area (Å²) >= 11 is 0. The highest BCUT2D eigenvalue weighted by molar-refractivity contribution is 5.68. The maximum Gasteiger partial charge on any atom is 0.303 e. The summed E-state index contributed by atoms with van der Waals surface area (Å²) in [5, 5.41) is 20.2. The number of carbonyl (C=O) groups excluding carboxylic acids is 4. The molecule has 1 unspecified atom stereocenters. The van der Waals surface area contributed by atoms with E-state index >= 15 is 0 Å².